The van der Waals surface area contributed by atoms with Crippen LogP contribution in [0, 0.1) is 0 Å². The topological polar surface area (TPSA) is 127 Å². The highest BCUT2D eigenvalue weighted by molar-refractivity contribution is 5.93. The molecule has 0 aliphatic rings. The monoisotopic (exact) mass is 601 g/mol. The smallest absolute Gasteiger partial charge is 0.278 e. The summed E-state index contributed by atoms with van der Waals surface area (Å²) in [7, 11) is 3.52. The number of nitrogens with zero attached hydrogens (tertiary/aromatic N) is 6. The normalized spacial score (nSPS) is 11.6. The lowest BCUT2D eigenvalue weighted by atomic mass is 10.1. The van der Waals surface area contributed by atoms with E-state index in [4.69, 9.17) is 4.74 Å². The van der Waals surface area contributed by atoms with Crippen molar-refractivity contribution in [2.75, 3.05) is 31.0 Å². The highest BCUT2D eigenvalue weighted by Gasteiger charge is 2.22. The van der Waals surface area contributed by atoms with Crippen LogP contribution in [0.1, 0.15) is 64.5 Å². The third-order valence-electron chi connectivity index (χ3n) is 7.43. The molecule has 2 N–H and O–H groups in total. The van der Waals surface area contributed by atoms with E-state index in [-0.39, 0.29) is 18.0 Å². The van der Waals surface area contributed by atoms with E-state index >= 15 is 0 Å². The van der Waals surface area contributed by atoms with Gasteiger partial charge in [-0.05, 0) is 63.1 Å². The number of nitrogens with one attached hydrogen (secondary N) is 1. The molecule has 4 rings (SSSR count). The first-order valence-corrected chi connectivity index (χ1v) is 15.1. The first-order valence-electron chi connectivity index (χ1n) is 15.1. The molecule has 0 radical (unpaired) electrons. The second-order valence-corrected chi connectivity index (χ2v) is 11.3. The second-order valence-electron chi connectivity index (χ2n) is 11.3. The third-order valence-corrected chi connectivity index (χ3v) is 7.43. The van der Waals surface area contributed by atoms with E-state index in [2.05, 4.69) is 26.8 Å². The average molecular weight is 602 g/mol. The molecular weight excluding hydrogens is 558 g/mol. The van der Waals surface area contributed by atoms with Gasteiger partial charge >= 0.3 is 0 Å². The molecule has 234 valence electrons. The summed E-state index contributed by atoms with van der Waals surface area (Å²) in [4.78, 5) is 41.3. The van der Waals surface area contributed by atoms with Crippen molar-refractivity contribution in [3.63, 3.8) is 0 Å². The van der Waals surface area contributed by atoms with Crippen molar-refractivity contribution in [1.29, 1.82) is 0 Å². The zero-order chi connectivity index (χ0) is 31.7. The summed E-state index contributed by atoms with van der Waals surface area (Å²) in [6, 6.07) is 12.7. The maximum atomic E-state index is 13.2. The Balaban J connectivity index is 1.47. The number of carbonyl (C=O) groups excluding carboxylic acids is 1. The number of allylic oxidation sites excluding steroid dienone is 1. The van der Waals surface area contributed by atoms with E-state index < -0.39 is 5.60 Å². The van der Waals surface area contributed by atoms with Gasteiger partial charge in [-0.25, -0.2) is 19.3 Å². The number of pyridine rings is 1. The molecule has 0 saturated heterocycles. The van der Waals surface area contributed by atoms with E-state index in [9.17, 15) is 14.7 Å². The van der Waals surface area contributed by atoms with Crippen molar-refractivity contribution in [2.24, 2.45) is 0 Å². The van der Waals surface area contributed by atoms with Gasteiger partial charge in [-0.1, -0.05) is 37.8 Å². The highest BCUT2D eigenvalue weighted by atomic mass is 16.5. The van der Waals surface area contributed by atoms with Gasteiger partial charge in [0.15, 0.2) is 11.5 Å². The van der Waals surface area contributed by atoms with E-state index in [1.807, 2.05) is 24.3 Å². The summed E-state index contributed by atoms with van der Waals surface area (Å²) in [5.74, 6) is 0.811. The van der Waals surface area contributed by atoms with Crippen molar-refractivity contribution in [2.45, 2.75) is 70.9 Å². The number of aliphatic hydroxyl groups is 1. The van der Waals surface area contributed by atoms with E-state index in [1.165, 1.54) is 17.3 Å². The minimum absolute atomic E-state index is 0.0862. The number of methoxy groups -OCH3 is 1. The van der Waals surface area contributed by atoms with Gasteiger partial charge < -0.3 is 20.1 Å². The molecule has 44 heavy (non-hydrogen) atoms. The Morgan fingerprint density at radius 2 is 1.77 bits per heavy atom. The summed E-state index contributed by atoms with van der Waals surface area (Å²) < 4.78 is 8.18. The Kier molecular flexibility index (Phi) is 11.0. The van der Waals surface area contributed by atoms with Crippen LogP contribution in [0.25, 0.3) is 16.9 Å². The molecule has 0 atom stereocenters. The lowest BCUT2D eigenvalue weighted by Gasteiger charge is -2.18. The average Bonchev–Trinajstić information content (AvgIpc) is 3.28. The number of hydrogen-bond donors (Lipinski definition) is 2. The standard InChI is InChI=1S/C33H43N7O4/c1-6-21-39-31(42)26-23-34-32(37-30(26)40(39)28-15-13-14-27(36-28)33(2,3)43)35-24-17-19-25(20-18-24)38(4)29(41)16-11-9-7-8-10-12-22-44-5/h6,13-15,17-20,23,43H,1,7-12,16,21-22H2,2-5H3,(H,34,35,37). The largest absolute Gasteiger partial charge is 0.385 e. The molecule has 0 fully saturated rings. The Morgan fingerprint density at radius 3 is 2.45 bits per heavy atom. The van der Waals surface area contributed by atoms with Gasteiger partial charge in [0, 0.05) is 44.8 Å². The number of benzene rings is 1. The third kappa shape index (κ3) is 7.97. The van der Waals surface area contributed by atoms with Crippen molar-refractivity contribution in [3.8, 4) is 5.82 Å². The Labute approximate surface area is 258 Å². The fourth-order valence-electron chi connectivity index (χ4n) is 4.93. The molecular formula is C33H43N7O4. The van der Waals surface area contributed by atoms with Crippen LogP contribution in [0.2, 0.25) is 0 Å². The predicted octanol–water partition coefficient (Wildman–Crippen LogP) is 5.47. The molecule has 1 amide bonds. The molecule has 0 bridgehead atoms. The molecule has 0 spiro atoms. The minimum atomic E-state index is -1.17. The van der Waals surface area contributed by atoms with Crippen molar-refractivity contribution in [3.05, 3.63) is 77.4 Å². The quantitative estimate of drug-likeness (QED) is 0.128. The Morgan fingerprint density at radius 1 is 1.07 bits per heavy atom. The maximum absolute atomic E-state index is 13.2. The minimum Gasteiger partial charge on any atom is -0.385 e. The number of fused-ring (bicyclic) bond motifs is 1. The van der Waals surface area contributed by atoms with Crippen LogP contribution in [-0.4, -0.2) is 56.1 Å². The Hall–Kier alpha value is -4.35. The van der Waals surface area contributed by atoms with Gasteiger partial charge in [-0.2, -0.15) is 4.98 Å². The molecule has 4 aromatic rings. The lowest BCUT2D eigenvalue weighted by Crippen LogP contribution is -2.25. The number of hydrogen-bond acceptors (Lipinski definition) is 8. The van der Waals surface area contributed by atoms with Crippen LogP contribution in [0.4, 0.5) is 17.3 Å². The maximum Gasteiger partial charge on any atom is 0.278 e. The number of amides is 1. The number of unbranched alkanes of at least 4 members (excludes halogenated alkanes) is 5. The molecule has 11 nitrogen and oxygen atoms in total. The number of anilines is 3. The lowest BCUT2D eigenvalue weighted by molar-refractivity contribution is -0.118. The number of ether oxygens (including phenoxy) is 1. The fourth-order valence-corrected chi connectivity index (χ4v) is 4.93. The molecule has 11 heteroatoms. The first kappa shape index (κ1) is 32.6. The SMILES string of the molecule is C=CCn1c(=O)c2cnc(Nc3ccc(N(C)C(=O)CCCCCCCCOC)cc3)nc2n1-c1cccc(C(C)(C)O)n1. The first-order chi connectivity index (χ1) is 21.1. The summed E-state index contributed by atoms with van der Waals surface area (Å²) in [6.07, 6.45) is 10.1. The predicted molar refractivity (Wildman–Crippen MR) is 174 cm³/mol. The second kappa shape index (κ2) is 14.9. The molecule has 1 aromatic carbocycles. The molecule has 0 unspecified atom stereocenters. The van der Waals surface area contributed by atoms with Gasteiger partial charge in [-0.15, -0.1) is 6.58 Å². The van der Waals surface area contributed by atoms with Gasteiger partial charge in [0.05, 0.1) is 12.2 Å². The molecule has 0 aliphatic carbocycles. The van der Waals surface area contributed by atoms with Crippen molar-refractivity contribution in [1.82, 2.24) is 24.3 Å². The summed E-state index contributed by atoms with van der Waals surface area (Å²) >= 11 is 0. The summed E-state index contributed by atoms with van der Waals surface area (Å²) in [5, 5.41) is 14.0. The van der Waals surface area contributed by atoms with Crippen LogP contribution in [-0.2, 0) is 21.7 Å². The van der Waals surface area contributed by atoms with Crippen LogP contribution in [0.3, 0.4) is 0 Å². The summed E-state index contributed by atoms with van der Waals surface area (Å²) in [6.45, 7) is 8.13. The van der Waals surface area contributed by atoms with Crippen molar-refractivity contribution < 1.29 is 14.6 Å². The van der Waals surface area contributed by atoms with E-state index in [0.29, 0.717) is 34.9 Å². The zero-order valence-electron chi connectivity index (χ0n) is 26.1. The Bertz CT molecular complexity index is 1620. The molecule has 0 aliphatic heterocycles. The van der Waals surface area contributed by atoms with Crippen molar-refractivity contribution >= 4 is 34.3 Å². The van der Waals surface area contributed by atoms with Gasteiger partial charge in [0.25, 0.3) is 5.56 Å². The van der Waals surface area contributed by atoms with Crippen LogP contribution in [0.5, 0.6) is 0 Å². The number of carbonyl (C=O) groups is 1. The zero-order valence-corrected chi connectivity index (χ0v) is 26.1. The number of aromatic nitrogens is 5. The molecule has 0 saturated carbocycles. The summed E-state index contributed by atoms with van der Waals surface area (Å²) in [5.41, 5.74) is 0.902. The van der Waals surface area contributed by atoms with Crippen LogP contribution < -0.4 is 15.8 Å². The molecule has 3 heterocycles. The van der Waals surface area contributed by atoms with Gasteiger partial charge in [0.1, 0.15) is 11.0 Å². The highest BCUT2D eigenvalue weighted by Crippen LogP contribution is 2.23. The van der Waals surface area contributed by atoms with Crippen LogP contribution >= 0.6 is 0 Å². The number of rotatable bonds is 16. The van der Waals surface area contributed by atoms with Gasteiger partial charge in [-0.3, -0.25) is 9.59 Å². The molecule has 3 aromatic heterocycles. The van der Waals surface area contributed by atoms with Gasteiger partial charge in [0.2, 0.25) is 11.9 Å². The van der Waals surface area contributed by atoms with E-state index in [0.717, 1.165) is 50.1 Å². The van der Waals surface area contributed by atoms with E-state index in [1.54, 1.807) is 61.9 Å². The fraction of sp³-hybridized carbons (Fsp3) is 0.424. The van der Waals surface area contributed by atoms with Crippen LogP contribution in [0.15, 0.2) is 66.1 Å².